The summed E-state index contributed by atoms with van der Waals surface area (Å²) >= 11 is 9.28. The minimum absolute atomic E-state index is 0.0867. The predicted octanol–water partition coefficient (Wildman–Crippen LogP) is 4.76. The lowest BCUT2D eigenvalue weighted by Gasteiger charge is -2.26. The minimum Gasteiger partial charge on any atom is -0.496 e. The van der Waals surface area contributed by atoms with Gasteiger partial charge in [-0.1, -0.05) is 54.7 Å². The lowest BCUT2D eigenvalue weighted by molar-refractivity contribution is 0.0998. The zero-order valence-corrected chi connectivity index (χ0v) is 17.0. The van der Waals surface area contributed by atoms with Gasteiger partial charge in [-0.15, -0.1) is 23.5 Å². The third-order valence-corrected chi connectivity index (χ3v) is 7.11. The van der Waals surface area contributed by atoms with Crippen LogP contribution in [-0.4, -0.2) is 46.2 Å². The van der Waals surface area contributed by atoms with E-state index in [0.717, 1.165) is 39.2 Å². The Labute approximate surface area is 168 Å². The van der Waals surface area contributed by atoms with Crippen LogP contribution in [-0.2, 0) is 0 Å². The number of hydrogen-bond donors (Lipinski definition) is 0. The summed E-state index contributed by atoms with van der Waals surface area (Å²) < 4.78 is 5.42. The number of carbonyl (C=O) groups excluding carboxylic acids is 1. The van der Waals surface area contributed by atoms with Crippen molar-refractivity contribution >= 4 is 46.5 Å². The fraction of sp³-hybridized carbons (Fsp3) is 0.300. The van der Waals surface area contributed by atoms with Crippen LogP contribution in [0.25, 0.3) is 0 Å². The average molecular weight is 404 g/mol. The molecule has 1 aliphatic rings. The molecule has 2 aromatic carbocycles. The number of methoxy groups -OCH3 is 1. The standard InChI is InChI=1S/C20H21NO2S3/c1-23-17-9-5-6-10-18(17)26-14-20-21(11-12-25-20)19(24)13-16(22)15-7-3-2-4-8-15/h2-10,20H,11-14H2,1H3. The number of rotatable bonds is 7. The topological polar surface area (TPSA) is 29.5 Å². The molecule has 0 N–H and O–H groups in total. The van der Waals surface area contributed by atoms with Crippen molar-refractivity contribution in [2.24, 2.45) is 0 Å². The molecule has 136 valence electrons. The molecule has 1 fully saturated rings. The lowest BCUT2D eigenvalue weighted by Crippen LogP contribution is -2.36. The van der Waals surface area contributed by atoms with Crippen molar-refractivity contribution in [3.63, 3.8) is 0 Å². The number of carbonyl (C=O) groups is 1. The van der Waals surface area contributed by atoms with Crippen molar-refractivity contribution in [2.75, 3.05) is 25.2 Å². The molecule has 3 nitrogen and oxygen atoms in total. The highest BCUT2D eigenvalue weighted by molar-refractivity contribution is 8.03. The maximum absolute atomic E-state index is 12.4. The van der Waals surface area contributed by atoms with Crippen LogP contribution < -0.4 is 4.74 Å². The van der Waals surface area contributed by atoms with Gasteiger partial charge in [-0.2, -0.15) is 0 Å². The van der Waals surface area contributed by atoms with E-state index in [-0.39, 0.29) is 5.78 Å². The average Bonchev–Trinajstić information content (AvgIpc) is 3.16. The summed E-state index contributed by atoms with van der Waals surface area (Å²) in [5.41, 5.74) is 0.724. The lowest BCUT2D eigenvalue weighted by atomic mass is 10.1. The van der Waals surface area contributed by atoms with Gasteiger partial charge >= 0.3 is 0 Å². The third kappa shape index (κ3) is 4.81. The molecule has 0 aliphatic carbocycles. The highest BCUT2D eigenvalue weighted by Crippen LogP contribution is 2.34. The van der Waals surface area contributed by atoms with Gasteiger partial charge in [0.25, 0.3) is 0 Å². The number of ether oxygens (including phenoxy) is 1. The predicted molar refractivity (Wildman–Crippen MR) is 115 cm³/mol. The van der Waals surface area contributed by atoms with E-state index >= 15 is 0 Å². The summed E-state index contributed by atoms with van der Waals surface area (Å²) in [5, 5.41) is 0.293. The normalized spacial score (nSPS) is 16.5. The molecular formula is C20H21NO2S3. The Hall–Kier alpha value is -1.50. The molecule has 1 heterocycles. The Bertz CT molecular complexity index is 767. The molecule has 0 spiro atoms. The first-order chi connectivity index (χ1) is 12.7. The van der Waals surface area contributed by atoms with E-state index in [9.17, 15) is 4.79 Å². The van der Waals surface area contributed by atoms with Crippen molar-refractivity contribution in [3.05, 3.63) is 60.2 Å². The quantitative estimate of drug-likeness (QED) is 0.376. The van der Waals surface area contributed by atoms with Crippen LogP contribution >= 0.6 is 35.7 Å². The van der Waals surface area contributed by atoms with Gasteiger partial charge in [0.2, 0.25) is 0 Å². The Balaban J connectivity index is 1.59. The van der Waals surface area contributed by atoms with Crippen molar-refractivity contribution < 1.29 is 9.53 Å². The Kier molecular flexibility index (Phi) is 7.00. The van der Waals surface area contributed by atoms with Gasteiger partial charge in [0.1, 0.15) is 5.75 Å². The smallest absolute Gasteiger partial charge is 0.169 e. The highest BCUT2D eigenvalue weighted by Gasteiger charge is 2.28. The van der Waals surface area contributed by atoms with Crippen LogP contribution in [0.5, 0.6) is 5.75 Å². The summed E-state index contributed by atoms with van der Waals surface area (Å²) in [6.07, 6.45) is 0.301. The van der Waals surface area contributed by atoms with E-state index in [1.807, 2.05) is 60.3 Å². The van der Waals surface area contributed by atoms with Gasteiger partial charge in [0.15, 0.2) is 5.78 Å². The number of para-hydroxylation sites is 1. The maximum Gasteiger partial charge on any atom is 0.169 e. The fourth-order valence-corrected chi connectivity index (χ4v) is 5.77. The summed E-state index contributed by atoms with van der Waals surface area (Å²) in [6, 6.07) is 17.4. The number of thiocarbonyl (C=S) groups is 1. The van der Waals surface area contributed by atoms with Gasteiger partial charge in [-0.05, 0) is 12.1 Å². The Morgan fingerprint density at radius 1 is 1.23 bits per heavy atom. The van der Waals surface area contributed by atoms with Crippen LogP contribution in [0.1, 0.15) is 16.8 Å². The Morgan fingerprint density at radius 3 is 2.73 bits per heavy atom. The summed E-state index contributed by atoms with van der Waals surface area (Å²) in [4.78, 5) is 16.5. The van der Waals surface area contributed by atoms with Crippen molar-refractivity contribution in [1.82, 2.24) is 4.90 Å². The molecule has 6 heteroatoms. The first-order valence-electron chi connectivity index (χ1n) is 8.44. The van der Waals surface area contributed by atoms with Crippen molar-refractivity contribution in [2.45, 2.75) is 16.7 Å². The molecule has 26 heavy (non-hydrogen) atoms. The second kappa shape index (κ2) is 9.44. The zero-order chi connectivity index (χ0) is 18.4. The maximum atomic E-state index is 12.4. The second-order valence-electron chi connectivity index (χ2n) is 5.84. The van der Waals surface area contributed by atoms with Crippen LogP contribution in [0, 0.1) is 0 Å². The number of benzene rings is 2. The molecule has 0 bridgehead atoms. The van der Waals surface area contributed by atoms with E-state index in [1.54, 1.807) is 18.9 Å². The van der Waals surface area contributed by atoms with Gasteiger partial charge in [0, 0.05) is 28.5 Å². The molecule has 1 aliphatic heterocycles. The first-order valence-corrected chi connectivity index (χ1v) is 10.9. The molecule has 2 aromatic rings. The van der Waals surface area contributed by atoms with Crippen LogP contribution in [0.15, 0.2) is 59.5 Å². The zero-order valence-electron chi connectivity index (χ0n) is 14.6. The number of Topliss-reactive ketones (excluding diaryl/α,β-unsaturated/α-hetero) is 1. The van der Waals surface area contributed by atoms with Crippen LogP contribution in [0.3, 0.4) is 0 Å². The number of ketones is 1. The number of nitrogens with zero attached hydrogens (tertiary/aromatic N) is 1. The van der Waals surface area contributed by atoms with E-state index in [0.29, 0.717) is 11.8 Å². The molecule has 0 aromatic heterocycles. The van der Waals surface area contributed by atoms with Crippen LogP contribution in [0.2, 0.25) is 0 Å². The van der Waals surface area contributed by atoms with E-state index in [1.165, 1.54) is 0 Å². The first kappa shape index (κ1) is 19.3. The van der Waals surface area contributed by atoms with Gasteiger partial charge in [-0.25, -0.2) is 0 Å². The van der Waals surface area contributed by atoms with Gasteiger partial charge < -0.3 is 9.64 Å². The highest BCUT2D eigenvalue weighted by atomic mass is 32.2. The summed E-state index contributed by atoms with van der Waals surface area (Å²) in [7, 11) is 1.69. The second-order valence-corrected chi connectivity index (χ2v) is 8.66. The molecule has 1 unspecified atom stereocenters. The fourth-order valence-electron chi connectivity index (χ4n) is 2.81. The van der Waals surface area contributed by atoms with Gasteiger partial charge in [0.05, 0.1) is 23.9 Å². The molecule has 1 saturated heterocycles. The van der Waals surface area contributed by atoms with E-state index < -0.39 is 0 Å². The largest absolute Gasteiger partial charge is 0.496 e. The molecule has 0 saturated carbocycles. The third-order valence-electron chi connectivity index (χ3n) is 4.17. The Morgan fingerprint density at radius 2 is 1.96 bits per heavy atom. The number of thioether (sulfide) groups is 2. The van der Waals surface area contributed by atoms with Crippen molar-refractivity contribution in [3.8, 4) is 5.75 Å². The van der Waals surface area contributed by atoms with E-state index in [2.05, 4.69) is 11.0 Å². The van der Waals surface area contributed by atoms with Gasteiger partial charge in [-0.3, -0.25) is 4.79 Å². The molecule has 3 rings (SSSR count). The molecule has 0 radical (unpaired) electrons. The SMILES string of the molecule is COc1ccccc1SCC1SCCN1C(=S)CC(=O)c1ccccc1. The number of hydrogen-bond acceptors (Lipinski definition) is 5. The molecule has 0 amide bonds. The molecular weight excluding hydrogens is 382 g/mol. The monoisotopic (exact) mass is 403 g/mol. The minimum atomic E-state index is 0.0867. The van der Waals surface area contributed by atoms with Crippen LogP contribution in [0.4, 0.5) is 0 Å². The van der Waals surface area contributed by atoms with E-state index in [4.69, 9.17) is 17.0 Å². The molecule has 1 atom stereocenters. The summed E-state index contributed by atoms with van der Waals surface area (Å²) in [6.45, 7) is 0.905. The van der Waals surface area contributed by atoms with Crippen molar-refractivity contribution in [1.29, 1.82) is 0 Å². The summed E-state index contributed by atoms with van der Waals surface area (Å²) in [5.74, 6) is 2.93.